The Balaban J connectivity index is 2.39. The molecule has 1 amide bonds. The number of nitrogens with one attached hydrogen (secondary N) is 1. The summed E-state index contributed by atoms with van der Waals surface area (Å²) in [5.41, 5.74) is -3.77. The first kappa shape index (κ1) is 33.0. The number of rotatable bonds is 9. The van der Waals surface area contributed by atoms with E-state index in [-0.39, 0.29) is 0 Å². The Morgan fingerprint density at radius 2 is 1.50 bits per heavy atom. The molecule has 4 nitrogen and oxygen atoms in total. The SMILES string of the molecule is C[C@H](CS(=O)(=O)CC(F)(F)F)NC(=O)c1ccc(/C=C/C(c2cc(F)c(F)c(F)c2)C(C)(F)F)cc1C(F)(F)F. The van der Waals surface area contributed by atoms with E-state index in [0.29, 0.717) is 37.3 Å². The zero-order valence-corrected chi connectivity index (χ0v) is 21.2. The molecule has 0 bridgehead atoms. The van der Waals surface area contributed by atoms with Gasteiger partial charge in [0.15, 0.2) is 27.3 Å². The van der Waals surface area contributed by atoms with E-state index in [1.807, 2.05) is 5.32 Å². The number of allylic oxidation sites excluding steroid dienone is 1. The maximum atomic E-state index is 14.2. The smallest absolute Gasteiger partial charge is 0.349 e. The molecule has 0 aliphatic heterocycles. The van der Waals surface area contributed by atoms with Crippen LogP contribution in [-0.4, -0.2) is 44.0 Å². The molecule has 1 N–H and O–H groups in total. The van der Waals surface area contributed by atoms with Crippen LogP contribution in [-0.2, 0) is 16.0 Å². The van der Waals surface area contributed by atoms with Gasteiger partial charge in [0.1, 0.15) is 5.75 Å². The van der Waals surface area contributed by atoms with Gasteiger partial charge in [-0.15, -0.1) is 0 Å². The summed E-state index contributed by atoms with van der Waals surface area (Å²) >= 11 is 0. The summed E-state index contributed by atoms with van der Waals surface area (Å²) in [6.45, 7) is 1.31. The molecule has 2 aromatic rings. The third-order valence-electron chi connectivity index (χ3n) is 5.25. The fourth-order valence-corrected chi connectivity index (χ4v) is 5.13. The second-order valence-electron chi connectivity index (χ2n) is 8.94. The molecule has 0 radical (unpaired) electrons. The quantitative estimate of drug-likeness (QED) is 0.255. The van der Waals surface area contributed by atoms with Crippen molar-refractivity contribution in [1.82, 2.24) is 5.32 Å². The zero-order valence-electron chi connectivity index (χ0n) is 20.4. The highest BCUT2D eigenvalue weighted by Crippen LogP contribution is 2.37. The number of carbonyl (C=O) groups is 1. The van der Waals surface area contributed by atoms with Gasteiger partial charge in [0.05, 0.1) is 22.8 Å². The number of carbonyl (C=O) groups excluding carboxylic acids is 1. The second-order valence-corrected chi connectivity index (χ2v) is 11.0. The maximum Gasteiger partial charge on any atom is 0.417 e. The molecule has 0 aliphatic rings. The zero-order chi connectivity index (χ0) is 30.8. The van der Waals surface area contributed by atoms with Gasteiger partial charge in [0.25, 0.3) is 11.8 Å². The van der Waals surface area contributed by atoms with Crippen LogP contribution in [0.5, 0.6) is 0 Å². The molecule has 2 rings (SSSR count). The number of benzene rings is 2. The van der Waals surface area contributed by atoms with Crippen molar-refractivity contribution in [3.63, 3.8) is 0 Å². The average Bonchev–Trinajstić information content (AvgIpc) is 2.73. The maximum absolute atomic E-state index is 14.2. The van der Waals surface area contributed by atoms with Crippen molar-refractivity contribution in [2.45, 2.75) is 44.1 Å². The minimum Gasteiger partial charge on any atom is -0.349 e. The van der Waals surface area contributed by atoms with E-state index in [1.54, 1.807) is 0 Å². The number of sulfone groups is 1. The van der Waals surface area contributed by atoms with Crippen LogP contribution in [0.25, 0.3) is 6.08 Å². The van der Waals surface area contributed by atoms with E-state index in [4.69, 9.17) is 0 Å². The summed E-state index contributed by atoms with van der Waals surface area (Å²) in [7, 11) is -4.77. The highest BCUT2D eigenvalue weighted by atomic mass is 32.2. The Hall–Kier alpha value is -3.17. The second kappa shape index (κ2) is 11.7. The van der Waals surface area contributed by atoms with Gasteiger partial charge in [-0.05, 0) is 42.3 Å². The molecule has 0 saturated carbocycles. The molecule has 40 heavy (non-hydrogen) atoms. The predicted molar refractivity (Wildman–Crippen MR) is 122 cm³/mol. The Kier molecular flexibility index (Phi) is 9.70. The lowest BCUT2D eigenvalue weighted by molar-refractivity contribution is -0.138. The van der Waals surface area contributed by atoms with Crippen LogP contribution in [0.3, 0.4) is 0 Å². The highest BCUT2D eigenvalue weighted by molar-refractivity contribution is 7.91. The lowest BCUT2D eigenvalue weighted by Crippen LogP contribution is -2.40. The Morgan fingerprint density at radius 3 is 1.98 bits per heavy atom. The van der Waals surface area contributed by atoms with Crippen molar-refractivity contribution in [2.75, 3.05) is 11.5 Å². The summed E-state index contributed by atoms with van der Waals surface area (Å²) in [4.78, 5) is 12.4. The fraction of sp³-hybridized carbons (Fsp3) is 0.375. The molecule has 1 unspecified atom stereocenters. The Bertz CT molecular complexity index is 1350. The largest absolute Gasteiger partial charge is 0.417 e. The van der Waals surface area contributed by atoms with Gasteiger partial charge in [-0.1, -0.05) is 18.2 Å². The van der Waals surface area contributed by atoms with E-state index in [2.05, 4.69) is 0 Å². The molecular formula is C24H20F11NO3S. The first-order valence-electron chi connectivity index (χ1n) is 11.0. The summed E-state index contributed by atoms with van der Waals surface area (Å²) in [6.07, 6.45) is -8.92. The number of amides is 1. The number of hydrogen-bond acceptors (Lipinski definition) is 3. The molecule has 0 aliphatic carbocycles. The van der Waals surface area contributed by atoms with Crippen LogP contribution in [0.1, 0.15) is 46.8 Å². The van der Waals surface area contributed by atoms with Crippen LogP contribution in [0.15, 0.2) is 36.4 Å². The molecule has 0 aromatic heterocycles. The Morgan fingerprint density at radius 1 is 0.950 bits per heavy atom. The van der Waals surface area contributed by atoms with E-state index < -0.39 is 97.2 Å². The van der Waals surface area contributed by atoms with Crippen LogP contribution in [0.4, 0.5) is 48.3 Å². The summed E-state index contributed by atoms with van der Waals surface area (Å²) in [5, 5.41) is 1.87. The van der Waals surface area contributed by atoms with E-state index >= 15 is 0 Å². The van der Waals surface area contributed by atoms with Gasteiger partial charge in [-0.25, -0.2) is 30.4 Å². The first-order valence-corrected chi connectivity index (χ1v) is 12.8. The molecule has 2 atom stereocenters. The van der Waals surface area contributed by atoms with Crippen LogP contribution >= 0.6 is 0 Å². The molecule has 222 valence electrons. The molecule has 0 saturated heterocycles. The Labute approximate surface area is 220 Å². The fourth-order valence-electron chi connectivity index (χ4n) is 3.67. The molecule has 0 spiro atoms. The van der Waals surface area contributed by atoms with Gasteiger partial charge in [-0.3, -0.25) is 4.79 Å². The van der Waals surface area contributed by atoms with Gasteiger partial charge in [0, 0.05) is 13.0 Å². The van der Waals surface area contributed by atoms with Crippen molar-refractivity contribution in [1.29, 1.82) is 0 Å². The van der Waals surface area contributed by atoms with Crippen LogP contribution in [0, 0.1) is 17.5 Å². The summed E-state index contributed by atoms with van der Waals surface area (Å²) in [6, 6.07) is 0.940. The molecule has 0 fully saturated rings. The van der Waals surface area contributed by atoms with E-state index in [9.17, 15) is 61.5 Å². The standard InChI is InChI=1S/C24H20F11NO3S/c1-12(10-40(38,39)11-23(30,31)32)36-21(37)15-5-3-13(7-17(15)24(33,34)35)4-6-16(22(2,28)29)14-8-18(25)20(27)19(26)9-14/h3-9,12,16H,10-11H2,1-2H3,(H,36,37)/b6-4+/t12-,16?/m1/s1. The van der Waals surface area contributed by atoms with Gasteiger partial charge in [0.2, 0.25) is 0 Å². The monoisotopic (exact) mass is 611 g/mol. The number of alkyl halides is 8. The van der Waals surface area contributed by atoms with Crippen LogP contribution < -0.4 is 5.32 Å². The summed E-state index contributed by atoms with van der Waals surface area (Å²) in [5.74, 6) is -16.2. The minimum atomic E-state index is -5.21. The third-order valence-corrected chi connectivity index (χ3v) is 7.03. The number of halogens is 11. The first-order chi connectivity index (χ1) is 18.0. The van der Waals surface area contributed by atoms with E-state index in [0.717, 1.165) is 19.1 Å². The predicted octanol–water partition coefficient (Wildman–Crippen LogP) is 6.67. The highest BCUT2D eigenvalue weighted by Gasteiger charge is 2.38. The summed E-state index contributed by atoms with van der Waals surface area (Å²) < 4.78 is 170. The normalized spacial score (nSPS) is 14.8. The molecule has 16 heteroatoms. The van der Waals surface area contributed by atoms with Gasteiger partial charge in [-0.2, -0.15) is 26.3 Å². The van der Waals surface area contributed by atoms with E-state index in [1.165, 1.54) is 0 Å². The molecule has 0 heterocycles. The van der Waals surface area contributed by atoms with Crippen molar-refractivity contribution >= 4 is 21.8 Å². The lowest BCUT2D eigenvalue weighted by Gasteiger charge is -2.21. The molecule has 2 aromatic carbocycles. The van der Waals surface area contributed by atoms with Gasteiger partial charge >= 0.3 is 12.4 Å². The minimum absolute atomic E-state index is 0.301. The van der Waals surface area contributed by atoms with Crippen LogP contribution in [0.2, 0.25) is 0 Å². The van der Waals surface area contributed by atoms with Gasteiger partial charge < -0.3 is 5.32 Å². The molecular weight excluding hydrogens is 591 g/mol. The topological polar surface area (TPSA) is 63.2 Å². The number of hydrogen-bond donors (Lipinski definition) is 1. The van der Waals surface area contributed by atoms with Crippen molar-refractivity contribution < 1.29 is 61.5 Å². The third kappa shape index (κ3) is 9.20. The average molecular weight is 611 g/mol. The van der Waals surface area contributed by atoms with Crippen molar-refractivity contribution in [3.05, 3.63) is 76.1 Å². The van der Waals surface area contributed by atoms with Crippen molar-refractivity contribution in [3.8, 4) is 0 Å². The van der Waals surface area contributed by atoms with Crippen molar-refractivity contribution in [2.24, 2.45) is 0 Å². The lowest BCUT2D eigenvalue weighted by atomic mass is 9.91.